The second kappa shape index (κ2) is 6.29. The van der Waals surface area contributed by atoms with Crippen LogP contribution in [0.1, 0.15) is 25.0 Å². The SMILES string of the molecule is Cc1cc(Cl)c(CC(C)(C)C(CO)[SiH](C)C)cc1N. The molecular weight excluding hydrogens is 274 g/mol. The lowest BCUT2D eigenvalue weighted by molar-refractivity contribution is 0.208. The predicted octanol–water partition coefficient (Wildman–Crippen LogP) is 3.65. The Balaban J connectivity index is 3.04. The van der Waals surface area contributed by atoms with Crippen molar-refractivity contribution in [2.45, 2.75) is 45.8 Å². The molecule has 0 spiro atoms. The summed E-state index contributed by atoms with van der Waals surface area (Å²) in [7, 11) is -0.914. The zero-order chi connectivity index (χ0) is 14.8. The topological polar surface area (TPSA) is 46.2 Å². The molecule has 0 aliphatic rings. The molecule has 0 bridgehead atoms. The number of halogens is 1. The van der Waals surface area contributed by atoms with Crippen molar-refractivity contribution in [3.05, 3.63) is 28.3 Å². The highest BCUT2D eigenvalue weighted by atomic mass is 35.5. The summed E-state index contributed by atoms with van der Waals surface area (Å²) >= 11 is 6.33. The van der Waals surface area contributed by atoms with Gasteiger partial charge in [-0.25, -0.2) is 0 Å². The molecule has 4 heteroatoms. The fourth-order valence-electron chi connectivity index (χ4n) is 2.85. The van der Waals surface area contributed by atoms with E-state index < -0.39 is 8.80 Å². The van der Waals surface area contributed by atoms with E-state index in [0.717, 1.165) is 28.3 Å². The van der Waals surface area contributed by atoms with Gasteiger partial charge in [-0.05, 0) is 47.6 Å². The fraction of sp³-hybridized carbons (Fsp3) is 0.600. The molecule has 3 N–H and O–H groups in total. The molecule has 108 valence electrons. The largest absolute Gasteiger partial charge is 0.399 e. The molecule has 0 aromatic heterocycles. The highest BCUT2D eigenvalue weighted by Gasteiger charge is 2.32. The first-order chi connectivity index (χ1) is 8.69. The van der Waals surface area contributed by atoms with Gasteiger partial charge in [0.05, 0.1) is 0 Å². The first kappa shape index (κ1) is 16.5. The van der Waals surface area contributed by atoms with Crippen LogP contribution >= 0.6 is 11.6 Å². The van der Waals surface area contributed by atoms with E-state index in [-0.39, 0.29) is 12.0 Å². The number of anilines is 1. The maximum absolute atomic E-state index is 9.66. The number of rotatable bonds is 5. The standard InChI is InChI=1S/C15H26ClNOSi/c1-10-6-12(16)11(7-13(10)17)8-15(2,3)14(9-18)19(4)5/h6-7,14,18-19H,8-9,17H2,1-5H3. The molecule has 0 heterocycles. The van der Waals surface area contributed by atoms with Crippen LogP contribution in [0.5, 0.6) is 0 Å². The molecule has 1 unspecified atom stereocenters. The molecule has 1 atom stereocenters. The number of aryl methyl sites for hydroxylation is 1. The number of benzene rings is 1. The summed E-state index contributed by atoms with van der Waals surface area (Å²) in [5.74, 6) is 0. The molecule has 2 nitrogen and oxygen atoms in total. The van der Waals surface area contributed by atoms with Crippen molar-refractivity contribution in [1.29, 1.82) is 0 Å². The summed E-state index contributed by atoms with van der Waals surface area (Å²) in [6.07, 6.45) is 0.854. The fourth-order valence-corrected chi connectivity index (χ4v) is 5.48. The summed E-state index contributed by atoms with van der Waals surface area (Å²) in [6, 6.07) is 3.92. The first-order valence-corrected chi connectivity index (χ1v) is 10.2. The predicted molar refractivity (Wildman–Crippen MR) is 87.8 cm³/mol. The first-order valence-electron chi connectivity index (χ1n) is 6.84. The second-order valence-electron chi connectivity index (χ2n) is 6.50. The third-order valence-corrected chi connectivity index (χ3v) is 7.16. The number of nitrogens with two attached hydrogens (primary N) is 1. The van der Waals surface area contributed by atoms with Gasteiger partial charge < -0.3 is 10.8 Å². The van der Waals surface area contributed by atoms with Crippen LogP contribution in [0.2, 0.25) is 23.7 Å². The van der Waals surface area contributed by atoms with Gasteiger partial charge in [0, 0.05) is 26.1 Å². The molecule has 0 radical (unpaired) electrons. The molecular formula is C15H26ClNOSi. The van der Waals surface area contributed by atoms with Gasteiger partial charge in [-0.15, -0.1) is 0 Å². The van der Waals surface area contributed by atoms with Gasteiger partial charge in [0.25, 0.3) is 0 Å². The number of hydrogen-bond acceptors (Lipinski definition) is 2. The Morgan fingerprint density at radius 1 is 1.37 bits per heavy atom. The van der Waals surface area contributed by atoms with Gasteiger partial charge in [-0.3, -0.25) is 0 Å². The number of aliphatic hydroxyl groups excluding tert-OH is 1. The maximum Gasteiger partial charge on any atom is 0.0442 e. The Kier molecular flexibility index (Phi) is 5.48. The van der Waals surface area contributed by atoms with E-state index in [1.807, 2.05) is 19.1 Å². The molecule has 0 saturated heterocycles. The van der Waals surface area contributed by atoms with Crippen molar-refractivity contribution in [1.82, 2.24) is 0 Å². The molecule has 1 rings (SSSR count). The minimum absolute atomic E-state index is 0.0421. The quantitative estimate of drug-likeness (QED) is 0.644. The number of aliphatic hydroxyl groups is 1. The molecule has 0 fully saturated rings. The van der Waals surface area contributed by atoms with Crippen LogP contribution in [0.3, 0.4) is 0 Å². The average Bonchev–Trinajstić information content (AvgIpc) is 2.25. The Hall–Kier alpha value is -0.513. The Labute approximate surface area is 123 Å². The van der Waals surface area contributed by atoms with Crippen LogP contribution < -0.4 is 5.73 Å². The second-order valence-corrected chi connectivity index (χ2v) is 10.2. The summed E-state index contributed by atoms with van der Waals surface area (Å²) in [5.41, 5.74) is 9.29. The number of nitrogen functional groups attached to an aromatic ring is 1. The van der Waals surface area contributed by atoms with Crippen molar-refractivity contribution in [3.63, 3.8) is 0 Å². The molecule has 19 heavy (non-hydrogen) atoms. The van der Waals surface area contributed by atoms with Crippen molar-refractivity contribution in [2.75, 3.05) is 12.3 Å². The van der Waals surface area contributed by atoms with E-state index in [0.29, 0.717) is 5.54 Å². The number of hydrogen-bond donors (Lipinski definition) is 2. The van der Waals surface area contributed by atoms with Crippen molar-refractivity contribution in [2.24, 2.45) is 5.41 Å². The van der Waals surface area contributed by atoms with E-state index in [1.54, 1.807) is 0 Å². The van der Waals surface area contributed by atoms with Gasteiger partial charge in [0.2, 0.25) is 0 Å². The molecule has 0 aliphatic heterocycles. The highest BCUT2D eigenvalue weighted by Crippen LogP contribution is 2.39. The Morgan fingerprint density at radius 3 is 2.42 bits per heavy atom. The normalized spacial score (nSPS) is 13.9. The van der Waals surface area contributed by atoms with Crippen molar-refractivity contribution >= 4 is 26.1 Å². The minimum Gasteiger partial charge on any atom is -0.399 e. The van der Waals surface area contributed by atoms with Gasteiger partial charge >= 0.3 is 0 Å². The lowest BCUT2D eigenvalue weighted by Gasteiger charge is -2.36. The summed E-state index contributed by atoms with van der Waals surface area (Å²) in [5, 5.41) is 10.4. The monoisotopic (exact) mass is 299 g/mol. The third kappa shape index (κ3) is 3.97. The van der Waals surface area contributed by atoms with Crippen LogP contribution in [0.15, 0.2) is 12.1 Å². The zero-order valence-electron chi connectivity index (χ0n) is 12.6. The van der Waals surface area contributed by atoms with Gasteiger partial charge in [0.1, 0.15) is 0 Å². The smallest absolute Gasteiger partial charge is 0.0442 e. The zero-order valence-corrected chi connectivity index (χ0v) is 14.5. The minimum atomic E-state index is -0.914. The molecule has 0 aliphatic carbocycles. The van der Waals surface area contributed by atoms with E-state index in [1.165, 1.54) is 0 Å². The van der Waals surface area contributed by atoms with Gasteiger partial charge in [-0.2, -0.15) is 0 Å². The van der Waals surface area contributed by atoms with Crippen molar-refractivity contribution < 1.29 is 5.11 Å². The molecule has 0 amide bonds. The molecule has 1 aromatic carbocycles. The summed E-state index contributed by atoms with van der Waals surface area (Å²) in [4.78, 5) is 0. The van der Waals surface area contributed by atoms with E-state index in [9.17, 15) is 5.11 Å². The van der Waals surface area contributed by atoms with Crippen LogP contribution in [0.25, 0.3) is 0 Å². The van der Waals surface area contributed by atoms with E-state index in [4.69, 9.17) is 17.3 Å². The van der Waals surface area contributed by atoms with E-state index in [2.05, 4.69) is 26.9 Å². The highest BCUT2D eigenvalue weighted by molar-refractivity contribution is 6.57. The lowest BCUT2D eigenvalue weighted by Crippen LogP contribution is -2.33. The summed E-state index contributed by atoms with van der Waals surface area (Å²) in [6.45, 7) is 11.2. The van der Waals surface area contributed by atoms with Crippen molar-refractivity contribution in [3.8, 4) is 0 Å². The van der Waals surface area contributed by atoms with Crippen LogP contribution in [-0.2, 0) is 6.42 Å². The maximum atomic E-state index is 9.66. The summed E-state index contributed by atoms with van der Waals surface area (Å²) < 4.78 is 0. The lowest BCUT2D eigenvalue weighted by atomic mass is 9.82. The van der Waals surface area contributed by atoms with Crippen LogP contribution in [0, 0.1) is 12.3 Å². The van der Waals surface area contributed by atoms with E-state index >= 15 is 0 Å². The third-order valence-electron chi connectivity index (χ3n) is 4.09. The van der Waals surface area contributed by atoms with Crippen LogP contribution in [-0.4, -0.2) is 20.5 Å². The Morgan fingerprint density at radius 2 is 1.95 bits per heavy atom. The van der Waals surface area contributed by atoms with Gasteiger partial charge in [0.15, 0.2) is 0 Å². The Bertz CT molecular complexity index is 446. The van der Waals surface area contributed by atoms with Gasteiger partial charge in [-0.1, -0.05) is 38.5 Å². The average molecular weight is 300 g/mol. The molecule has 0 saturated carbocycles. The van der Waals surface area contributed by atoms with Crippen LogP contribution in [0.4, 0.5) is 5.69 Å². The molecule has 1 aromatic rings.